The number of hydrogen-bond acceptors (Lipinski definition) is 4. The fourth-order valence-corrected chi connectivity index (χ4v) is 4.39. The summed E-state index contributed by atoms with van der Waals surface area (Å²) in [6.45, 7) is 5.06. The van der Waals surface area contributed by atoms with Crippen molar-refractivity contribution in [1.29, 1.82) is 0 Å². The van der Waals surface area contributed by atoms with Gasteiger partial charge in [0.05, 0.1) is 16.3 Å². The van der Waals surface area contributed by atoms with Crippen LogP contribution in [0.4, 0.5) is 0 Å². The number of aromatic carboxylic acids is 1. The van der Waals surface area contributed by atoms with Crippen LogP contribution in [0.15, 0.2) is 54.7 Å². The van der Waals surface area contributed by atoms with E-state index in [9.17, 15) is 14.7 Å². The topological polar surface area (TPSA) is 79.7 Å². The lowest BCUT2D eigenvalue weighted by atomic mass is 10.0. The third-order valence-corrected chi connectivity index (χ3v) is 6.35. The zero-order valence-electron chi connectivity index (χ0n) is 18.5. The summed E-state index contributed by atoms with van der Waals surface area (Å²) >= 11 is 5.98. The minimum absolute atomic E-state index is 0.0545. The van der Waals surface area contributed by atoms with Crippen molar-refractivity contribution in [2.24, 2.45) is 0 Å². The van der Waals surface area contributed by atoms with Gasteiger partial charge < -0.3 is 14.7 Å². The van der Waals surface area contributed by atoms with E-state index in [0.717, 1.165) is 35.1 Å². The summed E-state index contributed by atoms with van der Waals surface area (Å²) in [6.07, 6.45) is 3.53. The summed E-state index contributed by atoms with van der Waals surface area (Å²) in [5.41, 5.74) is 4.04. The van der Waals surface area contributed by atoms with Crippen LogP contribution in [0.2, 0.25) is 5.02 Å². The Kier molecular flexibility index (Phi) is 6.65. The quantitative estimate of drug-likeness (QED) is 0.454. The maximum atomic E-state index is 12.7. The average molecular weight is 465 g/mol. The molecule has 2 aromatic carbocycles. The number of ether oxygens (including phenoxy) is 1. The highest BCUT2D eigenvalue weighted by atomic mass is 35.5. The molecule has 7 heteroatoms. The number of nitrogens with zero attached hydrogens (tertiary/aromatic N) is 2. The predicted octanol–water partition coefficient (Wildman–Crippen LogP) is 5.82. The van der Waals surface area contributed by atoms with E-state index < -0.39 is 5.97 Å². The molecule has 0 radical (unpaired) electrons. The van der Waals surface area contributed by atoms with Gasteiger partial charge in [-0.1, -0.05) is 31.5 Å². The Bertz CT molecular complexity index is 1210. The molecule has 170 valence electrons. The van der Waals surface area contributed by atoms with E-state index in [1.165, 1.54) is 0 Å². The van der Waals surface area contributed by atoms with Crippen molar-refractivity contribution in [3.8, 4) is 16.9 Å². The van der Waals surface area contributed by atoms with E-state index in [4.69, 9.17) is 16.3 Å². The molecule has 1 amide bonds. The second-order valence-corrected chi connectivity index (χ2v) is 8.45. The lowest BCUT2D eigenvalue weighted by Crippen LogP contribution is -2.34. The number of fused-ring (bicyclic) bond motifs is 1. The molecular formula is C26H25ClN2O4. The third-order valence-electron chi connectivity index (χ3n) is 6.03. The molecule has 3 aromatic rings. The van der Waals surface area contributed by atoms with Crippen LogP contribution in [0.3, 0.4) is 0 Å². The van der Waals surface area contributed by atoms with Gasteiger partial charge in [-0.2, -0.15) is 0 Å². The number of carbonyl (C=O) groups excluding carboxylic acids is 1. The first-order chi connectivity index (χ1) is 15.9. The number of carboxylic acid groups (broad SMARTS) is 1. The third kappa shape index (κ3) is 4.71. The van der Waals surface area contributed by atoms with Crippen LogP contribution >= 0.6 is 11.6 Å². The molecule has 0 unspecified atom stereocenters. The van der Waals surface area contributed by atoms with Crippen molar-refractivity contribution in [3.05, 3.63) is 82.1 Å². The maximum Gasteiger partial charge on any atom is 0.337 e. The van der Waals surface area contributed by atoms with Crippen molar-refractivity contribution >= 4 is 23.5 Å². The minimum Gasteiger partial charge on any atom is -0.487 e. The molecule has 0 bridgehead atoms. The number of halogens is 1. The Labute approximate surface area is 197 Å². The second kappa shape index (κ2) is 9.63. The van der Waals surface area contributed by atoms with Gasteiger partial charge in [0.2, 0.25) is 0 Å². The number of benzene rings is 2. The molecule has 0 aliphatic carbocycles. The highest BCUT2D eigenvalue weighted by Gasteiger charge is 2.31. The predicted molar refractivity (Wildman–Crippen MR) is 127 cm³/mol. The van der Waals surface area contributed by atoms with E-state index >= 15 is 0 Å². The van der Waals surface area contributed by atoms with Crippen LogP contribution in [0.25, 0.3) is 11.1 Å². The van der Waals surface area contributed by atoms with Gasteiger partial charge in [0, 0.05) is 24.3 Å². The zero-order chi connectivity index (χ0) is 23.5. The molecule has 4 rings (SSSR count). The summed E-state index contributed by atoms with van der Waals surface area (Å²) in [4.78, 5) is 30.4. The smallest absolute Gasteiger partial charge is 0.337 e. The summed E-state index contributed by atoms with van der Waals surface area (Å²) in [5.74, 6) is -0.305. The van der Waals surface area contributed by atoms with Gasteiger partial charge in [-0.15, -0.1) is 0 Å². The molecule has 1 N–H and O–H groups in total. The Hall–Kier alpha value is -3.38. The molecule has 1 aromatic heterocycles. The molecule has 1 aliphatic rings. The first kappa shape index (κ1) is 22.8. The van der Waals surface area contributed by atoms with Gasteiger partial charge >= 0.3 is 5.97 Å². The molecule has 0 saturated heterocycles. The number of aromatic nitrogens is 1. The molecule has 33 heavy (non-hydrogen) atoms. The van der Waals surface area contributed by atoms with E-state index in [-0.39, 0.29) is 29.1 Å². The molecule has 6 nitrogen and oxygen atoms in total. The van der Waals surface area contributed by atoms with Gasteiger partial charge in [0.15, 0.2) is 0 Å². The van der Waals surface area contributed by atoms with E-state index in [1.54, 1.807) is 24.4 Å². The lowest BCUT2D eigenvalue weighted by Gasteiger charge is -2.25. The summed E-state index contributed by atoms with van der Waals surface area (Å²) in [5, 5.41) is 9.51. The molecule has 0 atom stereocenters. The number of rotatable bonds is 8. The first-order valence-electron chi connectivity index (χ1n) is 11.0. The van der Waals surface area contributed by atoms with Crippen LogP contribution in [0.5, 0.6) is 5.75 Å². The van der Waals surface area contributed by atoms with Gasteiger partial charge in [-0.05, 0) is 72.0 Å². The van der Waals surface area contributed by atoms with Crippen LogP contribution < -0.4 is 4.74 Å². The van der Waals surface area contributed by atoms with Crippen LogP contribution in [0.1, 0.15) is 58.7 Å². The van der Waals surface area contributed by atoms with Crippen LogP contribution in [-0.2, 0) is 13.2 Å². The van der Waals surface area contributed by atoms with Crippen molar-refractivity contribution in [2.45, 2.75) is 45.9 Å². The molecular weight excluding hydrogens is 440 g/mol. The number of amides is 1. The van der Waals surface area contributed by atoms with Gasteiger partial charge in [0.25, 0.3) is 5.91 Å². The standard InChI is InChI=1S/C26H25ClN2O4/c1-3-20(4-2)29-14-18-12-21(6-7-22(18)25(29)30)33-15-19-11-17(9-10-28-19)16-5-8-24(27)23(13-16)26(31)32/h5-13,20H,3-4,14-15H2,1-2H3,(H,31,32). The lowest BCUT2D eigenvalue weighted by molar-refractivity contribution is 0.0686. The van der Waals surface area contributed by atoms with Gasteiger partial charge in [0.1, 0.15) is 12.4 Å². The minimum atomic E-state index is -1.07. The number of hydrogen-bond donors (Lipinski definition) is 1. The monoisotopic (exact) mass is 464 g/mol. The van der Waals surface area contributed by atoms with Crippen molar-refractivity contribution in [2.75, 3.05) is 0 Å². The highest BCUT2D eigenvalue weighted by Crippen LogP contribution is 2.30. The largest absolute Gasteiger partial charge is 0.487 e. The molecule has 0 fully saturated rings. The average Bonchev–Trinajstić information content (AvgIpc) is 3.14. The highest BCUT2D eigenvalue weighted by molar-refractivity contribution is 6.33. The van der Waals surface area contributed by atoms with E-state index in [1.807, 2.05) is 35.2 Å². The van der Waals surface area contributed by atoms with Gasteiger partial charge in [-0.3, -0.25) is 9.78 Å². The van der Waals surface area contributed by atoms with Crippen molar-refractivity contribution in [3.63, 3.8) is 0 Å². The van der Waals surface area contributed by atoms with Crippen molar-refractivity contribution in [1.82, 2.24) is 9.88 Å². The molecule has 0 saturated carbocycles. The second-order valence-electron chi connectivity index (χ2n) is 8.05. The number of carbonyl (C=O) groups is 2. The Balaban J connectivity index is 1.48. The van der Waals surface area contributed by atoms with E-state index in [2.05, 4.69) is 18.8 Å². The number of carboxylic acids is 1. The van der Waals surface area contributed by atoms with E-state index in [0.29, 0.717) is 18.0 Å². The summed E-state index contributed by atoms with van der Waals surface area (Å²) in [7, 11) is 0. The fourth-order valence-electron chi connectivity index (χ4n) is 4.20. The fraction of sp³-hybridized carbons (Fsp3) is 0.269. The molecule has 1 aliphatic heterocycles. The first-order valence-corrected chi connectivity index (χ1v) is 11.3. The van der Waals surface area contributed by atoms with Crippen LogP contribution in [0, 0.1) is 0 Å². The zero-order valence-corrected chi connectivity index (χ0v) is 19.3. The van der Waals surface area contributed by atoms with Crippen molar-refractivity contribution < 1.29 is 19.4 Å². The normalized spacial score (nSPS) is 12.8. The summed E-state index contributed by atoms with van der Waals surface area (Å²) in [6, 6.07) is 14.4. The Morgan fingerprint density at radius 2 is 1.88 bits per heavy atom. The Morgan fingerprint density at radius 1 is 1.12 bits per heavy atom. The maximum absolute atomic E-state index is 12.7. The van der Waals surface area contributed by atoms with Crippen LogP contribution in [-0.4, -0.2) is 32.9 Å². The number of pyridine rings is 1. The molecule has 2 heterocycles. The molecule has 0 spiro atoms. The summed E-state index contributed by atoms with van der Waals surface area (Å²) < 4.78 is 5.97. The SMILES string of the molecule is CCC(CC)N1Cc2cc(OCc3cc(-c4ccc(Cl)c(C(=O)O)c4)ccn3)ccc2C1=O. The Morgan fingerprint density at radius 3 is 2.61 bits per heavy atom. The van der Waals surface area contributed by atoms with Gasteiger partial charge in [-0.25, -0.2) is 4.79 Å².